The van der Waals surface area contributed by atoms with Gasteiger partial charge in [0.25, 0.3) is 0 Å². The number of aromatic nitrogens is 1. The van der Waals surface area contributed by atoms with Crippen molar-refractivity contribution in [2.45, 2.75) is 20.3 Å². The normalized spacial score (nSPS) is 10.8. The third-order valence-electron chi connectivity index (χ3n) is 4.96. The van der Waals surface area contributed by atoms with Gasteiger partial charge < -0.3 is 15.0 Å². The quantitative estimate of drug-likeness (QED) is 0.303. The Labute approximate surface area is 185 Å². The Hall–Kier alpha value is -4.20. The van der Waals surface area contributed by atoms with Gasteiger partial charge in [-0.2, -0.15) is 5.10 Å². The molecular weight excluding hydrogens is 408 g/mol. The number of aromatic carboxylic acids is 1. The first-order valence-corrected chi connectivity index (χ1v) is 10.0. The van der Waals surface area contributed by atoms with Crippen LogP contribution in [-0.2, 0) is 16.0 Å². The summed E-state index contributed by atoms with van der Waals surface area (Å²) in [7, 11) is 0. The third-order valence-corrected chi connectivity index (χ3v) is 4.96. The minimum Gasteiger partial charge on any atom is -0.478 e. The number of carbonyl (C=O) groups is 3. The van der Waals surface area contributed by atoms with Crippen molar-refractivity contribution in [2.75, 3.05) is 6.54 Å². The van der Waals surface area contributed by atoms with Crippen LogP contribution in [0.3, 0.4) is 0 Å². The van der Waals surface area contributed by atoms with Crippen molar-refractivity contribution in [1.29, 1.82) is 0 Å². The molecule has 3 rings (SSSR count). The van der Waals surface area contributed by atoms with Crippen molar-refractivity contribution in [1.82, 2.24) is 15.3 Å². The van der Waals surface area contributed by atoms with Crippen LogP contribution < -0.4 is 10.7 Å². The average Bonchev–Trinajstić information content (AvgIpc) is 3.07. The molecule has 8 heteroatoms. The van der Waals surface area contributed by atoms with Crippen LogP contribution in [0.1, 0.15) is 32.9 Å². The van der Waals surface area contributed by atoms with E-state index in [1.54, 1.807) is 24.3 Å². The highest BCUT2D eigenvalue weighted by molar-refractivity contribution is 6.35. The highest BCUT2D eigenvalue weighted by Gasteiger charge is 2.13. The molecule has 0 aliphatic heterocycles. The van der Waals surface area contributed by atoms with E-state index in [9.17, 15) is 14.4 Å². The van der Waals surface area contributed by atoms with Crippen LogP contribution in [0.25, 0.3) is 5.69 Å². The van der Waals surface area contributed by atoms with Crippen LogP contribution >= 0.6 is 0 Å². The highest BCUT2D eigenvalue weighted by Crippen LogP contribution is 2.20. The fraction of sp³-hybridized carbons (Fsp3) is 0.167. The first-order valence-electron chi connectivity index (χ1n) is 10.0. The Bertz CT molecular complexity index is 1150. The SMILES string of the molecule is Cc1cc(/C=N\NC(=O)C(=O)NCCc2ccccc2)c(C)n1-c1ccc(C(=O)O)cc1. The van der Waals surface area contributed by atoms with Gasteiger partial charge in [0.2, 0.25) is 0 Å². The fourth-order valence-corrected chi connectivity index (χ4v) is 3.33. The van der Waals surface area contributed by atoms with Gasteiger partial charge in [-0.25, -0.2) is 10.2 Å². The number of hydrazone groups is 1. The van der Waals surface area contributed by atoms with Gasteiger partial charge >= 0.3 is 17.8 Å². The second-order valence-corrected chi connectivity index (χ2v) is 7.20. The number of nitrogens with zero attached hydrogens (tertiary/aromatic N) is 2. The zero-order chi connectivity index (χ0) is 23.1. The molecule has 1 heterocycles. The maximum Gasteiger partial charge on any atom is 0.335 e. The second kappa shape index (κ2) is 10.2. The van der Waals surface area contributed by atoms with Gasteiger partial charge in [0, 0.05) is 29.2 Å². The lowest BCUT2D eigenvalue weighted by Gasteiger charge is -2.09. The predicted molar refractivity (Wildman–Crippen MR) is 121 cm³/mol. The van der Waals surface area contributed by atoms with Crippen molar-refractivity contribution in [3.05, 3.63) is 88.7 Å². The highest BCUT2D eigenvalue weighted by atomic mass is 16.4. The summed E-state index contributed by atoms with van der Waals surface area (Å²) in [5.74, 6) is -2.57. The molecule has 2 aromatic carbocycles. The Balaban J connectivity index is 1.58. The Morgan fingerprint density at radius 2 is 1.69 bits per heavy atom. The van der Waals surface area contributed by atoms with Crippen LogP contribution in [0.4, 0.5) is 0 Å². The van der Waals surface area contributed by atoms with Crippen LogP contribution in [-0.4, -0.2) is 40.2 Å². The molecule has 0 atom stereocenters. The van der Waals surface area contributed by atoms with Crippen molar-refractivity contribution in [2.24, 2.45) is 5.10 Å². The predicted octanol–water partition coefficient (Wildman–Crippen LogP) is 2.60. The lowest BCUT2D eigenvalue weighted by atomic mass is 10.1. The average molecular weight is 432 g/mol. The Morgan fingerprint density at radius 3 is 2.34 bits per heavy atom. The summed E-state index contributed by atoms with van der Waals surface area (Å²) in [6, 6.07) is 18.1. The summed E-state index contributed by atoms with van der Waals surface area (Å²) >= 11 is 0. The van der Waals surface area contributed by atoms with E-state index in [1.807, 2.05) is 54.8 Å². The molecule has 1 aromatic heterocycles. The zero-order valence-corrected chi connectivity index (χ0v) is 17.8. The van der Waals surface area contributed by atoms with Crippen LogP contribution in [0.2, 0.25) is 0 Å². The molecule has 3 N–H and O–H groups in total. The number of benzene rings is 2. The van der Waals surface area contributed by atoms with E-state index in [2.05, 4.69) is 15.8 Å². The van der Waals surface area contributed by atoms with E-state index in [-0.39, 0.29) is 5.56 Å². The van der Waals surface area contributed by atoms with E-state index in [0.29, 0.717) is 13.0 Å². The van der Waals surface area contributed by atoms with Gasteiger partial charge in [-0.1, -0.05) is 30.3 Å². The minimum atomic E-state index is -0.981. The van der Waals surface area contributed by atoms with Gasteiger partial charge in [0.05, 0.1) is 11.8 Å². The Kier molecular flexibility index (Phi) is 7.17. The third kappa shape index (κ3) is 5.48. The summed E-state index contributed by atoms with van der Waals surface area (Å²) in [6.45, 7) is 4.15. The molecule has 0 saturated heterocycles. The number of hydrogen-bond donors (Lipinski definition) is 3. The fourth-order valence-electron chi connectivity index (χ4n) is 3.33. The van der Waals surface area contributed by atoms with E-state index < -0.39 is 17.8 Å². The number of amides is 2. The zero-order valence-electron chi connectivity index (χ0n) is 17.8. The van der Waals surface area contributed by atoms with Gasteiger partial charge in [0.1, 0.15) is 0 Å². The largest absolute Gasteiger partial charge is 0.478 e. The molecular formula is C24H24N4O4. The molecule has 164 valence electrons. The molecule has 0 aliphatic carbocycles. The summed E-state index contributed by atoms with van der Waals surface area (Å²) in [4.78, 5) is 34.9. The lowest BCUT2D eigenvalue weighted by Crippen LogP contribution is -2.38. The van der Waals surface area contributed by atoms with E-state index in [4.69, 9.17) is 5.11 Å². The second-order valence-electron chi connectivity index (χ2n) is 7.20. The lowest BCUT2D eigenvalue weighted by molar-refractivity contribution is -0.139. The topological polar surface area (TPSA) is 113 Å². The van der Waals surface area contributed by atoms with Crippen LogP contribution in [0.15, 0.2) is 65.8 Å². The molecule has 32 heavy (non-hydrogen) atoms. The first kappa shape index (κ1) is 22.5. The monoisotopic (exact) mass is 432 g/mol. The molecule has 0 bridgehead atoms. The van der Waals surface area contributed by atoms with Gasteiger partial charge in [0.15, 0.2) is 0 Å². The van der Waals surface area contributed by atoms with E-state index in [1.165, 1.54) is 6.21 Å². The first-order chi connectivity index (χ1) is 15.4. The Morgan fingerprint density at radius 1 is 1.00 bits per heavy atom. The molecule has 3 aromatic rings. The standard InChI is InChI=1S/C24H24N4O4/c1-16-14-20(17(2)28(16)21-10-8-19(9-11-21)24(31)32)15-26-27-23(30)22(29)25-13-12-18-6-4-3-5-7-18/h3-11,14-15H,12-13H2,1-2H3,(H,25,29)(H,27,30)(H,31,32)/b26-15-. The number of hydrogen-bond acceptors (Lipinski definition) is 4. The molecule has 0 saturated carbocycles. The molecule has 0 spiro atoms. The molecule has 8 nitrogen and oxygen atoms in total. The maximum atomic E-state index is 12.0. The number of nitrogens with one attached hydrogen (secondary N) is 2. The van der Waals surface area contributed by atoms with Gasteiger partial charge in [-0.15, -0.1) is 0 Å². The molecule has 0 unspecified atom stereocenters. The molecule has 2 amide bonds. The van der Waals surface area contributed by atoms with Gasteiger partial charge in [-0.05, 0) is 56.2 Å². The number of aryl methyl sites for hydroxylation is 1. The number of rotatable bonds is 7. The maximum absolute atomic E-state index is 12.0. The summed E-state index contributed by atoms with van der Waals surface area (Å²) in [5, 5.41) is 15.5. The number of carbonyl (C=O) groups excluding carboxylic acids is 2. The van der Waals surface area contributed by atoms with E-state index in [0.717, 1.165) is 28.2 Å². The molecule has 0 fully saturated rings. The summed E-state index contributed by atoms with van der Waals surface area (Å²) < 4.78 is 1.95. The number of carboxylic acids is 1. The van der Waals surface area contributed by atoms with Crippen molar-refractivity contribution >= 4 is 24.0 Å². The van der Waals surface area contributed by atoms with Crippen molar-refractivity contribution < 1.29 is 19.5 Å². The van der Waals surface area contributed by atoms with Crippen LogP contribution in [0.5, 0.6) is 0 Å². The number of carboxylic acid groups (broad SMARTS) is 1. The molecule has 0 aliphatic rings. The molecule has 0 radical (unpaired) electrons. The van der Waals surface area contributed by atoms with Crippen molar-refractivity contribution in [3.63, 3.8) is 0 Å². The minimum absolute atomic E-state index is 0.211. The van der Waals surface area contributed by atoms with Crippen molar-refractivity contribution in [3.8, 4) is 5.69 Å². The summed E-state index contributed by atoms with van der Waals surface area (Å²) in [5.41, 5.74) is 6.86. The van der Waals surface area contributed by atoms with E-state index >= 15 is 0 Å². The summed E-state index contributed by atoms with van der Waals surface area (Å²) in [6.07, 6.45) is 2.10. The smallest absolute Gasteiger partial charge is 0.335 e. The van der Waals surface area contributed by atoms with Crippen LogP contribution in [0, 0.1) is 13.8 Å². The van der Waals surface area contributed by atoms with Gasteiger partial charge in [-0.3, -0.25) is 9.59 Å².